The van der Waals surface area contributed by atoms with Gasteiger partial charge in [-0.3, -0.25) is 4.68 Å². The number of benzene rings is 2. The lowest BCUT2D eigenvalue weighted by atomic mass is 9.98. The van der Waals surface area contributed by atoms with E-state index in [1.54, 1.807) is 18.9 Å². The molecule has 0 atom stereocenters. The van der Waals surface area contributed by atoms with Gasteiger partial charge in [-0.2, -0.15) is 10.2 Å². The van der Waals surface area contributed by atoms with Gasteiger partial charge in [-0.05, 0) is 41.7 Å². The molecule has 0 bridgehead atoms. The average molecular weight is 570 g/mol. The van der Waals surface area contributed by atoms with Crippen LogP contribution in [0.5, 0.6) is 0 Å². The number of halogens is 1. The molecule has 0 spiro atoms. The Morgan fingerprint density at radius 1 is 0.971 bits per heavy atom. The highest BCUT2D eigenvalue weighted by atomic mass is 127. The Labute approximate surface area is 217 Å². The number of hydrogen-bond donors (Lipinski definition) is 2. The van der Waals surface area contributed by atoms with Crippen LogP contribution in [0, 0.1) is 0 Å². The minimum absolute atomic E-state index is 0. The van der Waals surface area contributed by atoms with E-state index in [0.29, 0.717) is 13.1 Å². The summed E-state index contributed by atoms with van der Waals surface area (Å²) in [7, 11) is 0. The topological polar surface area (TPSA) is 85.0 Å². The van der Waals surface area contributed by atoms with Gasteiger partial charge in [0.05, 0.1) is 13.1 Å². The molecule has 0 aliphatic carbocycles. The summed E-state index contributed by atoms with van der Waals surface area (Å²) < 4.78 is 3.77. The van der Waals surface area contributed by atoms with Crippen LogP contribution in [0.1, 0.15) is 24.5 Å². The van der Waals surface area contributed by atoms with Crippen molar-refractivity contribution in [2.24, 2.45) is 4.99 Å². The third-order valence-electron chi connectivity index (χ3n) is 5.26. The molecule has 34 heavy (non-hydrogen) atoms. The Morgan fingerprint density at radius 2 is 1.82 bits per heavy atom. The van der Waals surface area contributed by atoms with Crippen molar-refractivity contribution in [1.82, 2.24) is 35.2 Å². The molecule has 2 aromatic heterocycles. The molecular weight excluding hydrogens is 539 g/mol. The fourth-order valence-electron chi connectivity index (χ4n) is 3.62. The maximum Gasteiger partial charge on any atom is 0.191 e. The molecule has 0 fully saturated rings. The van der Waals surface area contributed by atoms with Crippen molar-refractivity contribution in [2.45, 2.75) is 33.0 Å². The fraction of sp³-hybridized carbons (Fsp3) is 0.280. The lowest BCUT2D eigenvalue weighted by Gasteiger charge is -2.13. The predicted octanol–water partition coefficient (Wildman–Crippen LogP) is 3.95. The van der Waals surface area contributed by atoms with Crippen molar-refractivity contribution in [3.8, 4) is 11.1 Å². The highest BCUT2D eigenvalue weighted by Crippen LogP contribution is 2.25. The van der Waals surface area contributed by atoms with Crippen LogP contribution in [0.4, 0.5) is 0 Å². The van der Waals surface area contributed by atoms with E-state index in [1.807, 2.05) is 21.6 Å². The summed E-state index contributed by atoms with van der Waals surface area (Å²) in [6.45, 7) is 5.93. The van der Waals surface area contributed by atoms with Gasteiger partial charge in [0.2, 0.25) is 0 Å². The van der Waals surface area contributed by atoms with E-state index in [2.05, 4.69) is 81.3 Å². The Bertz CT molecular complexity index is 1120. The summed E-state index contributed by atoms with van der Waals surface area (Å²) in [6.07, 6.45) is 8.05. The molecule has 0 aliphatic heterocycles. The summed E-state index contributed by atoms with van der Waals surface area (Å²) >= 11 is 0. The molecular formula is C25H31IN8. The third kappa shape index (κ3) is 7.41. The van der Waals surface area contributed by atoms with Gasteiger partial charge >= 0.3 is 0 Å². The second-order valence-electron chi connectivity index (χ2n) is 7.69. The van der Waals surface area contributed by atoms with Gasteiger partial charge in [0.15, 0.2) is 5.96 Å². The van der Waals surface area contributed by atoms with E-state index in [0.717, 1.165) is 32.0 Å². The molecule has 4 aromatic rings. The first-order valence-electron chi connectivity index (χ1n) is 11.3. The zero-order valence-corrected chi connectivity index (χ0v) is 21.7. The molecule has 4 rings (SSSR count). The molecule has 0 aliphatic rings. The van der Waals surface area contributed by atoms with Crippen molar-refractivity contribution in [3.63, 3.8) is 0 Å². The molecule has 2 N–H and O–H groups in total. The smallest absolute Gasteiger partial charge is 0.191 e. The van der Waals surface area contributed by atoms with Crippen molar-refractivity contribution < 1.29 is 0 Å². The number of rotatable bonds is 10. The monoisotopic (exact) mass is 570 g/mol. The summed E-state index contributed by atoms with van der Waals surface area (Å²) in [4.78, 5) is 8.83. The van der Waals surface area contributed by atoms with Crippen LogP contribution in [0.3, 0.4) is 0 Å². The molecule has 0 amide bonds. The quantitative estimate of drug-likeness (QED) is 0.131. The van der Waals surface area contributed by atoms with Gasteiger partial charge in [0.1, 0.15) is 12.7 Å². The van der Waals surface area contributed by atoms with Crippen LogP contribution < -0.4 is 10.6 Å². The zero-order chi connectivity index (χ0) is 22.7. The van der Waals surface area contributed by atoms with E-state index in [1.165, 1.54) is 22.3 Å². The highest BCUT2D eigenvalue weighted by Gasteiger charge is 2.06. The molecule has 9 heteroatoms. The fourth-order valence-corrected chi connectivity index (χ4v) is 3.62. The molecule has 8 nitrogen and oxygen atoms in total. The number of nitrogens with one attached hydrogen (secondary N) is 2. The molecule has 0 unspecified atom stereocenters. The molecule has 2 aromatic carbocycles. The van der Waals surface area contributed by atoms with Crippen LogP contribution in [0.15, 0.2) is 84.6 Å². The van der Waals surface area contributed by atoms with Crippen LogP contribution in [-0.4, -0.2) is 43.6 Å². The lowest BCUT2D eigenvalue weighted by Crippen LogP contribution is -2.38. The van der Waals surface area contributed by atoms with Gasteiger partial charge in [-0.1, -0.05) is 48.5 Å². The minimum atomic E-state index is 0. The van der Waals surface area contributed by atoms with Crippen LogP contribution in [0.2, 0.25) is 0 Å². The van der Waals surface area contributed by atoms with Gasteiger partial charge in [0, 0.05) is 32.0 Å². The van der Waals surface area contributed by atoms with Gasteiger partial charge < -0.3 is 10.6 Å². The van der Waals surface area contributed by atoms with Crippen molar-refractivity contribution in [2.75, 3.05) is 13.1 Å². The van der Waals surface area contributed by atoms with E-state index in [4.69, 9.17) is 4.99 Å². The first kappa shape index (κ1) is 25.4. The van der Waals surface area contributed by atoms with Crippen molar-refractivity contribution >= 4 is 29.9 Å². The molecule has 0 saturated carbocycles. The molecule has 0 saturated heterocycles. The van der Waals surface area contributed by atoms with Gasteiger partial charge in [-0.25, -0.2) is 14.7 Å². The molecule has 2 heterocycles. The summed E-state index contributed by atoms with van der Waals surface area (Å²) in [5.74, 6) is 0.830. The highest BCUT2D eigenvalue weighted by molar-refractivity contribution is 14.0. The third-order valence-corrected chi connectivity index (χ3v) is 5.26. The maximum absolute atomic E-state index is 4.83. The number of aliphatic imine (C=N–C) groups is 1. The number of aromatic nitrogens is 5. The molecule has 0 radical (unpaired) electrons. The van der Waals surface area contributed by atoms with Crippen molar-refractivity contribution in [3.05, 3.63) is 90.8 Å². The van der Waals surface area contributed by atoms with E-state index in [9.17, 15) is 0 Å². The maximum atomic E-state index is 4.83. The van der Waals surface area contributed by atoms with Crippen LogP contribution >= 0.6 is 24.0 Å². The van der Waals surface area contributed by atoms with Gasteiger partial charge in [0.25, 0.3) is 0 Å². The minimum Gasteiger partial charge on any atom is -0.357 e. The standard InChI is InChI=1S/C25H30N8.HI/c1-2-27-25(28-13-5-15-32-16-6-14-30-32)29-17-23-7-3-4-8-24(23)22-11-9-21(10-12-22)18-33-20-26-19-31-33;/h3-4,6-12,14,16,19-20H,2,5,13,15,17-18H2,1H3,(H2,27,28,29);1H. The van der Waals surface area contributed by atoms with E-state index >= 15 is 0 Å². The summed E-state index contributed by atoms with van der Waals surface area (Å²) in [5.41, 5.74) is 4.76. The first-order chi connectivity index (χ1) is 16.3. The Balaban J connectivity index is 0.00000324. The zero-order valence-electron chi connectivity index (χ0n) is 19.3. The average Bonchev–Trinajstić information content (AvgIpc) is 3.55. The lowest BCUT2D eigenvalue weighted by molar-refractivity contribution is 0.570. The van der Waals surface area contributed by atoms with E-state index in [-0.39, 0.29) is 24.0 Å². The van der Waals surface area contributed by atoms with Gasteiger partial charge in [-0.15, -0.1) is 24.0 Å². The first-order valence-corrected chi connectivity index (χ1v) is 11.3. The SMILES string of the molecule is CCNC(=NCc1ccccc1-c1ccc(Cn2cncn2)cc1)NCCCn1cccn1.I. The number of nitrogens with zero attached hydrogens (tertiary/aromatic N) is 6. The number of guanidine groups is 1. The Hall–Kier alpha value is -3.21. The normalized spacial score (nSPS) is 11.1. The Kier molecular flexibility index (Phi) is 10.1. The largest absolute Gasteiger partial charge is 0.357 e. The summed E-state index contributed by atoms with van der Waals surface area (Å²) in [6, 6.07) is 19.0. The van der Waals surface area contributed by atoms with Crippen LogP contribution in [-0.2, 0) is 19.6 Å². The molecule has 178 valence electrons. The second kappa shape index (κ2) is 13.5. The predicted molar refractivity (Wildman–Crippen MR) is 146 cm³/mol. The number of aryl methyl sites for hydroxylation is 1. The van der Waals surface area contributed by atoms with Crippen molar-refractivity contribution in [1.29, 1.82) is 0 Å². The summed E-state index contributed by atoms with van der Waals surface area (Å²) in [5, 5.41) is 15.2. The Morgan fingerprint density at radius 3 is 2.56 bits per heavy atom. The van der Waals surface area contributed by atoms with E-state index < -0.39 is 0 Å². The van der Waals surface area contributed by atoms with Crippen LogP contribution in [0.25, 0.3) is 11.1 Å². The number of hydrogen-bond acceptors (Lipinski definition) is 4. The second-order valence-corrected chi connectivity index (χ2v) is 7.69.